The number of methoxy groups -OCH3 is 1. The number of rotatable bonds is 4. The van der Waals surface area contributed by atoms with E-state index in [-0.39, 0.29) is 6.10 Å². The lowest BCUT2D eigenvalue weighted by Crippen LogP contribution is -2.48. The van der Waals surface area contributed by atoms with Crippen LogP contribution in [0.5, 0.6) is 11.5 Å². The second-order valence-electron chi connectivity index (χ2n) is 4.57. The molecule has 1 N–H and O–H groups in total. The van der Waals surface area contributed by atoms with Crippen molar-refractivity contribution in [1.29, 1.82) is 0 Å². The van der Waals surface area contributed by atoms with E-state index in [4.69, 9.17) is 14.2 Å². The summed E-state index contributed by atoms with van der Waals surface area (Å²) in [7, 11) is 3.62. The molecule has 1 aromatic carbocycles. The molecule has 0 spiro atoms. The monoisotopic (exact) mass is 251 g/mol. The van der Waals surface area contributed by atoms with Crippen molar-refractivity contribution < 1.29 is 14.2 Å². The van der Waals surface area contributed by atoms with Gasteiger partial charge in [0.2, 0.25) is 0 Å². The Kier molecular flexibility index (Phi) is 4.44. The Balaban J connectivity index is 2.12. The van der Waals surface area contributed by atoms with E-state index in [0.717, 1.165) is 30.1 Å². The van der Waals surface area contributed by atoms with Crippen LogP contribution in [0.25, 0.3) is 0 Å². The first-order valence-corrected chi connectivity index (χ1v) is 6.31. The summed E-state index contributed by atoms with van der Waals surface area (Å²) >= 11 is 0. The second-order valence-corrected chi connectivity index (χ2v) is 4.57. The largest absolute Gasteiger partial charge is 0.493 e. The van der Waals surface area contributed by atoms with E-state index in [1.54, 1.807) is 7.11 Å². The highest BCUT2D eigenvalue weighted by Crippen LogP contribution is 2.29. The number of nitrogens with one attached hydrogen (secondary N) is 1. The first kappa shape index (κ1) is 13.2. The van der Waals surface area contributed by atoms with Gasteiger partial charge in [0.05, 0.1) is 13.7 Å². The van der Waals surface area contributed by atoms with Crippen LogP contribution in [0.4, 0.5) is 0 Å². The fourth-order valence-electron chi connectivity index (χ4n) is 2.19. The first-order chi connectivity index (χ1) is 8.74. The predicted molar refractivity (Wildman–Crippen MR) is 70.4 cm³/mol. The van der Waals surface area contributed by atoms with Gasteiger partial charge in [0.25, 0.3) is 0 Å². The standard InChI is InChI=1S/C14H21NO3/c1-10-4-5-12(13(8-10)16-3)18-14-9-17-7-6-11(14)15-2/h4-5,8,11,14-15H,6-7,9H2,1-3H3. The number of likely N-dealkylation sites (N-methyl/N-ethyl adjacent to an activating group) is 1. The van der Waals surface area contributed by atoms with E-state index < -0.39 is 0 Å². The Bertz CT molecular complexity index is 395. The molecule has 1 aliphatic rings. The summed E-state index contributed by atoms with van der Waals surface area (Å²) in [5.41, 5.74) is 1.16. The van der Waals surface area contributed by atoms with Gasteiger partial charge in [0.15, 0.2) is 11.5 Å². The van der Waals surface area contributed by atoms with Gasteiger partial charge in [-0.05, 0) is 38.1 Å². The zero-order chi connectivity index (χ0) is 13.0. The smallest absolute Gasteiger partial charge is 0.161 e. The fraction of sp³-hybridized carbons (Fsp3) is 0.571. The Morgan fingerprint density at radius 3 is 2.89 bits per heavy atom. The summed E-state index contributed by atoms with van der Waals surface area (Å²) in [5, 5.41) is 3.28. The van der Waals surface area contributed by atoms with Crippen molar-refractivity contribution in [3.8, 4) is 11.5 Å². The summed E-state index contributed by atoms with van der Waals surface area (Å²) < 4.78 is 16.9. The van der Waals surface area contributed by atoms with Gasteiger partial charge in [-0.15, -0.1) is 0 Å². The minimum atomic E-state index is 0.0281. The molecular weight excluding hydrogens is 230 g/mol. The van der Waals surface area contributed by atoms with E-state index in [1.807, 2.05) is 32.2 Å². The van der Waals surface area contributed by atoms with Crippen molar-refractivity contribution in [2.75, 3.05) is 27.4 Å². The second kappa shape index (κ2) is 6.07. The van der Waals surface area contributed by atoms with Gasteiger partial charge < -0.3 is 19.5 Å². The molecule has 2 unspecified atom stereocenters. The molecule has 4 nitrogen and oxygen atoms in total. The lowest BCUT2D eigenvalue weighted by atomic mass is 10.1. The van der Waals surface area contributed by atoms with Crippen LogP contribution in [0, 0.1) is 6.92 Å². The Labute approximate surface area is 108 Å². The molecule has 0 aromatic heterocycles. The van der Waals surface area contributed by atoms with Gasteiger partial charge >= 0.3 is 0 Å². The van der Waals surface area contributed by atoms with Crippen LogP contribution in [0.1, 0.15) is 12.0 Å². The third-order valence-electron chi connectivity index (χ3n) is 3.27. The Morgan fingerprint density at radius 1 is 1.33 bits per heavy atom. The summed E-state index contributed by atoms with van der Waals surface area (Å²) in [6.07, 6.45) is 0.996. The highest BCUT2D eigenvalue weighted by molar-refractivity contribution is 5.42. The van der Waals surface area contributed by atoms with Crippen LogP contribution in [0.3, 0.4) is 0 Å². The number of ether oxygens (including phenoxy) is 3. The minimum absolute atomic E-state index is 0.0281. The molecule has 2 rings (SSSR count). The average molecular weight is 251 g/mol. The quantitative estimate of drug-likeness (QED) is 0.885. The number of aryl methyl sites for hydroxylation is 1. The molecule has 100 valence electrons. The molecule has 1 aliphatic heterocycles. The minimum Gasteiger partial charge on any atom is -0.493 e. The topological polar surface area (TPSA) is 39.7 Å². The van der Waals surface area contributed by atoms with Gasteiger partial charge in [0, 0.05) is 12.6 Å². The maximum Gasteiger partial charge on any atom is 0.161 e. The van der Waals surface area contributed by atoms with Crippen molar-refractivity contribution in [3.05, 3.63) is 23.8 Å². The molecule has 0 saturated carbocycles. The predicted octanol–water partition coefficient (Wildman–Crippen LogP) is 1.76. The van der Waals surface area contributed by atoms with E-state index in [0.29, 0.717) is 12.6 Å². The Morgan fingerprint density at radius 2 is 2.17 bits per heavy atom. The third-order valence-corrected chi connectivity index (χ3v) is 3.27. The molecule has 1 saturated heterocycles. The molecule has 0 amide bonds. The van der Waals surface area contributed by atoms with Crippen LogP contribution in [0.2, 0.25) is 0 Å². The summed E-state index contributed by atoms with van der Waals surface area (Å²) in [6.45, 7) is 3.44. The highest BCUT2D eigenvalue weighted by atomic mass is 16.6. The van der Waals surface area contributed by atoms with Crippen LogP contribution in [-0.4, -0.2) is 39.5 Å². The van der Waals surface area contributed by atoms with Gasteiger partial charge in [-0.3, -0.25) is 0 Å². The van der Waals surface area contributed by atoms with Gasteiger partial charge in [-0.25, -0.2) is 0 Å². The molecule has 0 radical (unpaired) electrons. The van der Waals surface area contributed by atoms with Crippen molar-refractivity contribution in [1.82, 2.24) is 5.32 Å². The van der Waals surface area contributed by atoms with E-state index >= 15 is 0 Å². The Hall–Kier alpha value is -1.26. The van der Waals surface area contributed by atoms with Crippen molar-refractivity contribution in [2.24, 2.45) is 0 Å². The molecule has 1 fully saturated rings. The SMILES string of the molecule is CNC1CCOCC1Oc1ccc(C)cc1OC. The van der Waals surface area contributed by atoms with E-state index in [9.17, 15) is 0 Å². The normalized spacial score (nSPS) is 23.7. The van der Waals surface area contributed by atoms with Gasteiger partial charge in [-0.2, -0.15) is 0 Å². The lowest BCUT2D eigenvalue weighted by molar-refractivity contribution is -0.0138. The van der Waals surface area contributed by atoms with Crippen LogP contribution in [-0.2, 0) is 4.74 Å². The van der Waals surface area contributed by atoms with Crippen molar-refractivity contribution >= 4 is 0 Å². The molecule has 2 atom stereocenters. The number of hydrogen-bond donors (Lipinski definition) is 1. The molecule has 18 heavy (non-hydrogen) atoms. The van der Waals surface area contributed by atoms with Crippen molar-refractivity contribution in [3.63, 3.8) is 0 Å². The number of benzene rings is 1. The maximum atomic E-state index is 6.02. The fourth-order valence-corrected chi connectivity index (χ4v) is 2.19. The van der Waals surface area contributed by atoms with Gasteiger partial charge in [0.1, 0.15) is 6.10 Å². The highest BCUT2D eigenvalue weighted by Gasteiger charge is 2.26. The molecule has 1 aromatic rings. The van der Waals surface area contributed by atoms with E-state index in [2.05, 4.69) is 5.32 Å². The van der Waals surface area contributed by atoms with Crippen LogP contribution < -0.4 is 14.8 Å². The zero-order valence-electron chi connectivity index (χ0n) is 11.2. The number of hydrogen-bond acceptors (Lipinski definition) is 4. The molecule has 0 aliphatic carbocycles. The van der Waals surface area contributed by atoms with Crippen molar-refractivity contribution in [2.45, 2.75) is 25.5 Å². The molecular formula is C14H21NO3. The van der Waals surface area contributed by atoms with E-state index in [1.165, 1.54) is 0 Å². The maximum absolute atomic E-state index is 6.02. The summed E-state index contributed by atoms with van der Waals surface area (Å²) in [5.74, 6) is 1.55. The zero-order valence-corrected chi connectivity index (χ0v) is 11.2. The van der Waals surface area contributed by atoms with Crippen LogP contribution in [0.15, 0.2) is 18.2 Å². The lowest BCUT2D eigenvalue weighted by Gasteiger charge is -2.31. The van der Waals surface area contributed by atoms with Gasteiger partial charge in [-0.1, -0.05) is 6.07 Å². The third kappa shape index (κ3) is 2.94. The summed E-state index contributed by atoms with van der Waals surface area (Å²) in [6, 6.07) is 6.28. The average Bonchev–Trinajstić information content (AvgIpc) is 2.41. The molecule has 0 bridgehead atoms. The van der Waals surface area contributed by atoms with Crippen LogP contribution >= 0.6 is 0 Å². The molecule has 1 heterocycles. The summed E-state index contributed by atoms with van der Waals surface area (Å²) in [4.78, 5) is 0. The molecule has 4 heteroatoms. The first-order valence-electron chi connectivity index (χ1n) is 6.31.